The fourth-order valence-electron chi connectivity index (χ4n) is 2.78. The number of hydrogen-bond acceptors (Lipinski definition) is 2. The van der Waals surface area contributed by atoms with Crippen molar-refractivity contribution in [2.45, 2.75) is 38.6 Å². The Hall–Kier alpha value is -1.06. The van der Waals surface area contributed by atoms with E-state index in [4.69, 9.17) is 0 Å². The van der Waals surface area contributed by atoms with Gasteiger partial charge in [-0.3, -0.25) is 4.79 Å². The molecule has 1 amide bonds. The minimum absolute atomic E-state index is 0. The van der Waals surface area contributed by atoms with Crippen LogP contribution in [0.5, 0.6) is 0 Å². The SMILES string of the molecule is CCc1ccccc1C(=O)N(C)C1CCCNCC1.Cl. The van der Waals surface area contributed by atoms with Gasteiger partial charge in [-0.25, -0.2) is 0 Å². The van der Waals surface area contributed by atoms with Crippen molar-refractivity contribution < 1.29 is 4.79 Å². The Balaban J connectivity index is 0.00000200. The number of nitrogens with zero attached hydrogens (tertiary/aromatic N) is 1. The summed E-state index contributed by atoms with van der Waals surface area (Å²) >= 11 is 0. The summed E-state index contributed by atoms with van der Waals surface area (Å²) in [7, 11) is 1.95. The number of aryl methyl sites for hydroxylation is 1. The first kappa shape index (κ1) is 17.0. The normalized spacial score (nSPS) is 18.8. The Bertz CT molecular complexity index is 428. The molecule has 1 unspecified atom stereocenters. The Kier molecular flexibility index (Phi) is 7.03. The number of amides is 1. The summed E-state index contributed by atoms with van der Waals surface area (Å²) < 4.78 is 0. The molecule has 1 fully saturated rings. The average Bonchev–Trinajstić information content (AvgIpc) is 2.74. The first-order valence-corrected chi connectivity index (χ1v) is 7.29. The maximum absolute atomic E-state index is 12.6. The number of carbonyl (C=O) groups excluding carboxylic acids is 1. The zero-order valence-electron chi connectivity index (χ0n) is 12.4. The summed E-state index contributed by atoms with van der Waals surface area (Å²) in [6.45, 7) is 4.18. The molecule has 1 aromatic rings. The molecule has 2 rings (SSSR count). The molecule has 1 aromatic carbocycles. The molecule has 1 N–H and O–H groups in total. The number of nitrogens with one attached hydrogen (secondary N) is 1. The van der Waals surface area contributed by atoms with Crippen molar-refractivity contribution in [3.05, 3.63) is 35.4 Å². The highest BCUT2D eigenvalue weighted by Gasteiger charge is 2.23. The van der Waals surface area contributed by atoms with Crippen LogP contribution in [0, 0.1) is 0 Å². The predicted octanol–water partition coefficient (Wildman–Crippen LogP) is 2.88. The van der Waals surface area contributed by atoms with Crippen molar-refractivity contribution in [3.63, 3.8) is 0 Å². The molecule has 4 heteroatoms. The van der Waals surface area contributed by atoms with Gasteiger partial charge in [-0.2, -0.15) is 0 Å². The quantitative estimate of drug-likeness (QED) is 0.930. The van der Waals surface area contributed by atoms with Crippen molar-refractivity contribution in [3.8, 4) is 0 Å². The fraction of sp³-hybridized carbons (Fsp3) is 0.562. The molecular formula is C16H25ClN2O. The maximum Gasteiger partial charge on any atom is 0.254 e. The van der Waals surface area contributed by atoms with E-state index < -0.39 is 0 Å². The van der Waals surface area contributed by atoms with Gasteiger partial charge in [0.1, 0.15) is 0 Å². The van der Waals surface area contributed by atoms with E-state index >= 15 is 0 Å². The minimum atomic E-state index is 0. The van der Waals surface area contributed by atoms with E-state index in [1.807, 2.05) is 30.1 Å². The van der Waals surface area contributed by atoms with Crippen LogP contribution in [-0.2, 0) is 6.42 Å². The van der Waals surface area contributed by atoms with E-state index in [0.717, 1.165) is 49.9 Å². The molecule has 3 nitrogen and oxygen atoms in total. The van der Waals surface area contributed by atoms with Gasteiger partial charge in [0.2, 0.25) is 0 Å². The minimum Gasteiger partial charge on any atom is -0.339 e. The molecule has 112 valence electrons. The molecule has 0 bridgehead atoms. The lowest BCUT2D eigenvalue weighted by molar-refractivity contribution is 0.0719. The molecule has 0 aliphatic carbocycles. The molecular weight excluding hydrogens is 272 g/mol. The third-order valence-corrected chi connectivity index (χ3v) is 4.04. The van der Waals surface area contributed by atoms with Crippen LogP contribution < -0.4 is 5.32 Å². The Morgan fingerprint density at radius 1 is 1.30 bits per heavy atom. The van der Waals surface area contributed by atoms with Gasteiger partial charge in [0, 0.05) is 18.7 Å². The monoisotopic (exact) mass is 296 g/mol. The Labute approximate surface area is 128 Å². The summed E-state index contributed by atoms with van der Waals surface area (Å²) in [5.41, 5.74) is 2.01. The molecule has 0 radical (unpaired) electrons. The topological polar surface area (TPSA) is 32.3 Å². The fourth-order valence-corrected chi connectivity index (χ4v) is 2.78. The molecule has 1 aliphatic rings. The van der Waals surface area contributed by atoms with E-state index in [9.17, 15) is 4.79 Å². The van der Waals surface area contributed by atoms with Crippen LogP contribution >= 0.6 is 12.4 Å². The number of hydrogen-bond donors (Lipinski definition) is 1. The van der Waals surface area contributed by atoms with Gasteiger partial charge in [-0.1, -0.05) is 25.1 Å². The van der Waals surface area contributed by atoms with E-state index in [1.54, 1.807) is 0 Å². The van der Waals surface area contributed by atoms with E-state index in [0.29, 0.717) is 6.04 Å². The lowest BCUT2D eigenvalue weighted by Gasteiger charge is -2.27. The zero-order valence-corrected chi connectivity index (χ0v) is 13.2. The standard InChI is InChI=1S/C16H24N2O.ClH/c1-3-13-7-4-5-9-15(13)16(19)18(2)14-8-6-11-17-12-10-14;/h4-5,7,9,14,17H,3,6,8,10-12H2,1-2H3;1H. The van der Waals surface area contributed by atoms with Crippen LogP contribution in [-0.4, -0.2) is 37.0 Å². The number of benzene rings is 1. The first-order chi connectivity index (χ1) is 9.24. The zero-order chi connectivity index (χ0) is 13.7. The van der Waals surface area contributed by atoms with Crippen LogP contribution in [0.2, 0.25) is 0 Å². The molecule has 1 aliphatic heterocycles. The molecule has 0 aromatic heterocycles. The second kappa shape index (κ2) is 8.28. The van der Waals surface area contributed by atoms with Gasteiger partial charge in [0.15, 0.2) is 0 Å². The third-order valence-electron chi connectivity index (χ3n) is 4.04. The van der Waals surface area contributed by atoms with Crippen LogP contribution in [0.4, 0.5) is 0 Å². The summed E-state index contributed by atoms with van der Waals surface area (Å²) in [5.74, 6) is 0.171. The first-order valence-electron chi connectivity index (χ1n) is 7.29. The number of halogens is 1. The van der Waals surface area contributed by atoms with Gasteiger partial charge in [-0.05, 0) is 50.4 Å². The van der Waals surface area contributed by atoms with Crippen molar-refractivity contribution in [2.24, 2.45) is 0 Å². The predicted molar refractivity (Wildman–Crippen MR) is 85.7 cm³/mol. The molecule has 0 saturated carbocycles. The van der Waals surface area contributed by atoms with Crippen molar-refractivity contribution >= 4 is 18.3 Å². The van der Waals surface area contributed by atoms with E-state index in [2.05, 4.69) is 18.3 Å². The van der Waals surface area contributed by atoms with Gasteiger partial charge in [-0.15, -0.1) is 12.4 Å². The smallest absolute Gasteiger partial charge is 0.254 e. The highest BCUT2D eigenvalue weighted by molar-refractivity contribution is 5.95. The summed E-state index contributed by atoms with van der Waals surface area (Å²) in [6.07, 6.45) is 4.21. The second-order valence-electron chi connectivity index (χ2n) is 5.26. The van der Waals surface area contributed by atoms with E-state index in [1.165, 1.54) is 0 Å². The van der Waals surface area contributed by atoms with Crippen LogP contribution in [0.3, 0.4) is 0 Å². The van der Waals surface area contributed by atoms with Gasteiger partial charge >= 0.3 is 0 Å². The molecule has 1 atom stereocenters. The molecule has 1 saturated heterocycles. The number of carbonyl (C=O) groups is 1. The van der Waals surface area contributed by atoms with Crippen LogP contribution in [0.25, 0.3) is 0 Å². The molecule has 20 heavy (non-hydrogen) atoms. The summed E-state index contributed by atoms with van der Waals surface area (Å²) in [4.78, 5) is 14.6. The maximum atomic E-state index is 12.6. The lowest BCUT2D eigenvalue weighted by atomic mass is 10.0. The highest BCUT2D eigenvalue weighted by Crippen LogP contribution is 2.17. The van der Waals surface area contributed by atoms with Crippen molar-refractivity contribution in [1.82, 2.24) is 10.2 Å². The molecule has 0 spiro atoms. The van der Waals surface area contributed by atoms with Crippen molar-refractivity contribution in [1.29, 1.82) is 0 Å². The summed E-state index contributed by atoms with van der Waals surface area (Å²) in [6, 6.07) is 8.33. The number of rotatable bonds is 3. The summed E-state index contributed by atoms with van der Waals surface area (Å²) in [5, 5.41) is 3.40. The largest absolute Gasteiger partial charge is 0.339 e. The lowest BCUT2D eigenvalue weighted by Crippen LogP contribution is -2.38. The van der Waals surface area contributed by atoms with Crippen LogP contribution in [0.1, 0.15) is 42.1 Å². The Morgan fingerprint density at radius 2 is 2.05 bits per heavy atom. The average molecular weight is 297 g/mol. The van der Waals surface area contributed by atoms with Gasteiger partial charge in [0.05, 0.1) is 0 Å². The van der Waals surface area contributed by atoms with E-state index in [-0.39, 0.29) is 18.3 Å². The third kappa shape index (κ3) is 3.97. The van der Waals surface area contributed by atoms with Crippen molar-refractivity contribution in [2.75, 3.05) is 20.1 Å². The highest BCUT2D eigenvalue weighted by atomic mass is 35.5. The second-order valence-corrected chi connectivity index (χ2v) is 5.26. The Morgan fingerprint density at radius 3 is 2.80 bits per heavy atom. The molecule has 1 heterocycles. The van der Waals surface area contributed by atoms with Gasteiger partial charge < -0.3 is 10.2 Å². The van der Waals surface area contributed by atoms with Crippen LogP contribution in [0.15, 0.2) is 24.3 Å². The van der Waals surface area contributed by atoms with Gasteiger partial charge in [0.25, 0.3) is 5.91 Å².